The maximum absolute atomic E-state index is 11.6. The molecule has 0 aliphatic rings. The first-order chi connectivity index (χ1) is 10.9. The molecule has 0 unspecified atom stereocenters. The first-order valence-corrected chi connectivity index (χ1v) is 6.94. The zero-order valence-electron chi connectivity index (χ0n) is 13.6. The molecule has 0 aliphatic carbocycles. The van der Waals surface area contributed by atoms with Gasteiger partial charge in [-0.2, -0.15) is 0 Å². The number of ether oxygens (including phenoxy) is 4. The van der Waals surface area contributed by atoms with E-state index < -0.39 is 17.9 Å². The summed E-state index contributed by atoms with van der Waals surface area (Å²) in [6.07, 6.45) is 0. The van der Waals surface area contributed by atoms with Gasteiger partial charge in [-0.05, 0) is 25.1 Å². The molecule has 0 amide bonds. The Morgan fingerprint density at radius 3 is 2.39 bits per heavy atom. The Morgan fingerprint density at radius 1 is 1.13 bits per heavy atom. The van der Waals surface area contributed by atoms with Gasteiger partial charge in [0, 0.05) is 12.5 Å². The van der Waals surface area contributed by atoms with Gasteiger partial charge in [0.25, 0.3) is 0 Å². The van der Waals surface area contributed by atoms with E-state index in [4.69, 9.17) is 9.47 Å². The Morgan fingerprint density at radius 2 is 1.83 bits per heavy atom. The van der Waals surface area contributed by atoms with Crippen molar-refractivity contribution < 1.29 is 33.3 Å². The fourth-order valence-electron chi connectivity index (χ4n) is 1.81. The molecule has 0 saturated heterocycles. The van der Waals surface area contributed by atoms with Gasteiger partial charge in [0.1, 0.15) is 5.75 Å². The third kappa shape index (κ3) is 5.71. The van der Waals surface area contributed by atoms with Gasteiger partial charge in [-0.15, -0.1) is 0 Å². The Balaban J connectivity index is 2.85. The highest BCUT2D eigenvalue weighted by Crippen LogP contribution is 2.22. The molecule has 7 heteroatoms. The van der Waals surface area contributed by atoms with Crippen LogP contribution in [0.15, 0.2) is 18.2 Å². The van der Waals surface area contributed by atoms with E-state index in [1.807, 2.05) is 0 Å². The summed E-state index contributed by atoms with van der Waals surface area (Å²) in [6, 6.07) is 4.51. The van der Waals surface area contributed by atoms with Crippen molar-refractivity contribution >= 4 is 17.9 Å². The molecule has 0 heterocycles. The Kier molecular flexibility index (Phi) is 7.21. The summed E-state index contributed by atoms with van der Waals surface area (Å²) >= 11 is 0. The Labute approximate surface area is 134 Å². The quantitative estimate of drug-likeness (QED) is 0.557. The first kappa shape index (κ1) is 18.6. The summed E-state index contributed by atoms with van der Waals surface area (Å²) in [6.45, 7) is 3.14. The zero-order chi connectivity index (χ0) is 17.4. The lowest BCUT2D eigenvalue weighted by Gasteiger charge is -2.13. The highest BCUT2D eigenvalue weighted by Gasteiger charge is 2.15. The SMILES string of the molecule is COC(=O)c1ccc(OC(C)=O)c(COC[C@H](C)C(=O)OC)c1. The van der Waals surface area contributed by atoms with Crippen molar-refractivity contribution in [2.75, 3.05) is 20.8 Å². The molecule has 1 atom stereocenters. The zero-order valence-corrected chi connectivity index (χ0v) is 13.6. The van der Waals surface area contributed by atoms with E-state index in [-0.39, 0.29) is 24.9 Å². The summed E-state index contributed by atoms with van der Waals surface area (Å²) in [7, 11) is 2.58. The molecule has 1 rings (SSSR count). The van der Waals surface area contributed by atoms with Crippen LogP contribution in [0.25, 0.3) is 0 Å². The van der Waals surface area contributed by atoms with Crippen molar-refractivity contribution in [3.8, 4) is 5.75 Å². The molecular weight excluding hydrogens is 304 g/mol. The minimum atomic E-state index is -0.511. The van der Waals surface area contributed by atoms with Crippen LogP contribution >= 0.6 is 0 Å². The molecule has 7 nitrogen and oxygen atoms in total. The fourth-order valence-corrected chi connectivity index (χ4v) is 1.81. The summed E-state index contributed by atoms with van der Waals surface area (Å²) < 4.78 is 19.8. The maximum Gasteiger partial charge on any atom is 0.337 e. The van der Waals surface area contributed by atoms with E-state index in [1.165, 1.54) is 39.3 Å². The molecule has 0 radical (unpaired) electrons. The van der Waals surface area contributed by atoms with Crippen LogP contribution in [0.2, 0.25) is 0 Å². The third-order valence-corrected chi connectivity index (χ3v) is 2.96. The molecule has 0 aliphatic heterocycles. The molecule has 0 bridgehead atoms. The minimum absolute atomic E-state index is 0.0643. The van der Waals surface area contributed by atoms with Crippen LogP contribution in [-0.2, 0) is 30.4 Å². The topological polar surface area (TPSA) is 88.1 Å². The van der Waals surface area contributed by atoms with Crippen LogP contribution in [0.5, 0.6) is 5.75 Å². The smallest absolute Gasteiger partial charge is 0.337 e. The molecule has 0 fully saturated rings. The number of esters is 3. The molecule has 23 heavy (non-hydrogen) atoms. The normalized spacial score (nSPS) is 11.5. The third-order valence-electron chi connectivity index (χ3n) is 2.96. The Bertz CT molecular complexity index is 580. The summed E-state index contributed by atoms with van der Waals surface area (Å²) in [5.41, 5.74) is 0.809. The van der Waals surface area contributed by atoms with Gasteiger partial charge in [-0.1, -0.05) is 0 Å². The van der Waals surface area contributed by atoms with Crippen LogP contribution in [-0.4, -0.2) is 38.7 Å². The minimum Gasteiger partial charge on any atom is -0.469 e. The van der Waals surface area contributed by atoms with Gasteiger partial charge in [-0.3, -0.25) is 9.59 Å². The molecule has 1 aromatic rings. The molecule has 0 spiro atoms. The van der Waals surface area contributed by atoms with E-state index in [2.05, 4.69) is 9.47 Å². The molecule has 0 aromatic heterocycles. The average Bonchev–Trinajstić information content (AvgIpc) is 2.53. The van der Waals surface area contributed by atoms with Gasteiger partial charge in [0.05, 0.1) is 38.9 Å². The van der Waals surface area contributed by atoms with Crippen LogP contribution in [0.3, 0.4) is 0 Å². The molecule has 0 saturated carbocycles. The number of rotatable bonds is 7. The van der Waals surface area contributed by atoms with Crippen molar-refractivity contribution in [1.82, 2.24) is 0 Å². The number of hydrogen-bond donors (Lipinski definition) is 0. The van der Waals surface area contributed by atoms with Crippen molar-refractivity contribution in [3.05, 3.63) is 29.3 Å². The lowest BCUT2D eigenvalue weighted by Crippen LogP contribution is -2.18. The summed E-state index contributed by atoms with van der Waals surface area (Å²) in [4.78, 5) is 34.0. The van der Waals surface area contributed by atoms with E-state index in [9.17, 15) is 14.4 Å². The van der Waals surface area contributed by atoms with Gasteiger partial charge >= 0.3 is 17.9 Å². The van der Waals surface area contributed by atoms with E-state index >= 15 is 0 Å². The van der Waals surface area contributed by atoms with Gasteiger partial charge < -0.3 is 18.9 Å². The number of hydrogen-bond acceptors (Lipinski definition) is 7. The standard InChI is InChI=1S/C16H20O7/c1-10(15(18)20-3)8-22-9-13-7-12(16(19)21-4)5-6-14(13)23-11(2)17/h5-7,10H,8-9H2,1-4H3/t10-/m0/s1. The summed E-state index contributed by atoms with van der Waals surface area (Å²) in [5.74, 6) is -1.52. The second-order valence-corrected chi connectivity index (χ2v) is 4.85. The fraction of sp³-hybridized carbons (Fsp3) is 0.438. The lowest BCUT2D eigenvalue weighted by atomic mass is 10.1. The van der Waals surface area contributed by atoms with E-state index in [0.717, 1.165) is 0 Å². The lowest BCUT2D eigenvalue weighted by molar-refractivity contribution is -0.147. The van der Waals surface area contributed by atoms with Crippen molar-refractivity contribution in [1.29, 1.82) is 0 Å². The molecule has 1 aromatic carbocycles. The van der Waals surface area contributed by atoms with Crippen LogP contribution < -0.4 is 4.74 Å². The molecule has 0 N–H and O–H groups in total. The second-order valence-electron chi connectivity index (χ2n) is 4.85. The molecule has 126 valence electrons. The summed E-state index contributed by atoms with van der Waals surface area (Å²) in [5, 5.41) is 0. The van der Waals surface area contributed by atoms with Crippen molar-refractivity contribution in [3.63, 3.8) is 0 Å². The van der Waals surface area contributed by atoms with Crippen molar-refractivity contribution in [2.45, 2.75) is 20.5 Å². The number of benzene rings is 1. The highest BCUT2D eigenvalue weighted by molar-refractivity contribution is 5.89. The van der Waals surface area contributed by atoms with Crippen molar-refractivity contribution in [2.24, 2.45) is 5.92 Å². The molecular formula is C16H20O7. The number of methoxy groups -OCH3 is 2. The van der Waals surface area contributed by atoms with Gasteiger partial charge in [0.2, 0.25) is 0 Å². The second kappa shape index (κ2) is 8.89. The monoisotopic (exact) mass is 324 g/mol. The van der Waals surface area contributed by atoms with Crippen LogP contribution in [0, 0.1) is 5.92 Å². The first-order valence-electron chi connectivity index (χ1n) is 6.94. The highest BCUT2D eigenvalue weighted by atomic mass is 16.5. The van der Waals surface area contributed by atoms with Gasteiger partial charge in [-0.25, -0.2) is 4.79 Å². The van der Waals surface area contributed by atoms with E-state index in [1.54, 1.807) is 6.92 Å². The average molecular weight is 324 g/mol. The van der Waals surface area contributed by atoms with Gasteiger partial charge in [0.15, 0.2) is 0 Å². The largest absolute Gasteiger partial charge is 0.469 e. The number of carbonyl (C=O) groups excluding carboxylic acids is 3. The Hall–Kier alpha value is -2.41. The predicted molar refractivity (Wildman–Crippen MR) is 79.9 cm³/mol. The maximum atomic E-state index is 11.6. The van der Waals surface area contributed by atoms with Crippen LogP contribution in [0.4, 0.5) is 0 Å². The van der Waals surface area contributed by atoms with Crippen LogP contribution in [0.1, 0.15) is 29.8 Å². The number of carbonyl (C=O) groups is 3. The predicted octanol–water partition coefficient (Wildman–Crippen LogP) is 1.72. The van der Waals surface area contributed by atoms with E-state index in [0.29, 0.717) is 11.1 Å².